The van der Waals surface area contributed by atoms with Crippen molar-refractivity contribution >= 4 is 5.91 Å². The Labute approximate surface area is 109 Å². The van der Waals surface area contributed by atoms with Crippen LogP contribution in [-0.2, 0) is 9.53 Å². The Balaban J connectivity index is 1.77. The van der Waals surface area contributed by atoms with Crippen LogP contribution < -0.4 is 11.1 Å². The number of carbonyl (C=O) groups is 1. The molecule has 18 heavy (non-hydrogen) atoms. The zero-order valence-corrected chi connectivity index (χ0v) is 11.4. The van der Waals surface area contributed by atoms with Crippen molar-refractivity contribution in [2.45, 2.75) is 57.4 Å². The average molecular weight is 255 g/mol. The maximum Gasteiger partial charge on any atom is 0.234 e. The Morgan fingerprint density at radius 1 is 1.39 bits per heavy atom. The van der Waals surface area contributed by atoms with Crippen molar-refractivity contribution < 1.29 is 9.53 Å². The summed E-state index contributed by atoms with van der Waals surface area (Å²) in [7, 11) is 0. The number of morpholine rings is 1. The summed E-state index contributed by atoms with van der Waals surface area (Å²) >= 11 is 0. The molecule has 2 heterocycles. The van der Waals surface area contributed by atoms with Crippen molar-refractivity contribution in [2.24, 2.45) is 5.73 Å². The van der Waals surface area contributed by atoms with E-state index in [1.165, 1.54) is 12.8 Å². The number of hydrogen-bond donors (Lipinski definition) is 2. The summed E-state index contributed by atoms with van der Waals surface area (Å²) in [6.07, 6.45) is 3.98. The Kier molecular flexibility index (Phi) is 4.59. The van der Waals surface area contributed by atoms with Crippen molar-refractivity contribution in [3.8, 4) is 0 Å². The van der Waals surface area contributed by atoms with Gasteiger partial charge in [-0.2, -0.15) is 0 Å². The van der Waals surface area contributed by atoms with Gasteiger partial charge in [0.25, 0.3) is 0 Å². The third kappa shape index (κ3) is 3.67. The molecule has 3 N–H and O–H groups in total. The van der Waals surface area contributed by atoms with Gasteiger partial charge >= 0.3 is 0 Å². The normalized spacial score (nSPS) is 29.7. The lowest BCUT2D eigenvalue weighted by Crippen LogP contribution is -2.48. The van der Waals surface area contributed by atoms with Gasteiger partial charge in [0.1, 0.15) is 0 Å². The fraction of sp³-hybridized carbons (Fsp3) is 0.923. The second-order valence-electron chi connectivity index (χ2n) is 5.78. The predicted molar refractivity (Wildman–Crippen MR) is 70.2 cm³/mol. The molecule has 2 fully saturated rings. The quantitative estimate of drug-likeness (QED) is 0.706. The minimum atomic E-state index is -0.250. The molecule has 0 saturated carbocycles. The monoisotopic (exact) mass is 255 g/mol. The van der Waals surface area contributed by atoms with Crippen LogP contribution in [-0.4, -0.2) is 54.7 Å². The van der Waals surface area contributed by atoms with Crippen LogP contribution in [0.4, 0.5) is 0 Å². The molecule has 2 aliphatic rings. The molecular formula is C13H25N3O2. The molecule has 2 rings (SSSR count). The maximum atomic E-state index is 11.4. The molecule has 0 aromatic carbocycles. The number of carbonyl (C=O) groups excluding carboxylic acids is 1. The van der Waals surface area contributed by atoms with Gasteiger partial charge in [-0.3, -0.25) is 9.69 Å². The largest absolute Gasteiger partial charge is 0.372 e. The summed E-state index contributed by atoms with van der Waals surface area (Å²) in [4.78, 5) is 13.8. The first kappa shape index (κ1) is 13.8. The van der Waals surface area contributed by atoms with Gasteiger partial charge in [0.2, 0.25) is 5.91 Å². The fourth-order valence-electron chi connectivity index (χ4n) is 2.90. The molecular weight excluding hydrogens is 230 g/mol. The molecule has 2 aliphatic heterocycles. The Morgan fingerprint density at radius 3 is 2.50 bits per heavy atom. The summed E-state index contributed by atoms with van der Waals surface area (Å²) in [5, 5.41) is 3.22. The number of likely N-dealkylation sites (tertiary alicyclic amines) is 1. The molecule has 0 radical (unpaired) electrons. The highest BCUT2D eigenvalue weighted by atomic mass is 16.5. The second kappa shape index (κ2) is 5.99. The van der Waals surface area contributed by atoms with E-state index in [4.69, 9.17) is 10.5 Å². The zero-order valence-electron chi connectivity index (χ0n) is 11.4. The standard InChI is InChI=1S/C13H25N3O2/c1-9(2)15-12(13(14)17)5-6-16-7-10-3-4-11(8-16)18-10/h9-12,15H,3-8H2,1-2H3,(H2,14,17). The number of nitrogens with two attached hydrogens (primary N) is 1. The molecule has 2 bridgehead atoms. The zero-order chi connectivity index (χ0) is 13.1. The highest BCUT2D eigenvalue weighted by molar-refractivity contribution is 5.79. The van der Waals surface area contributed by atoms with E-state index in [0.717, 1.165) is 26.1 Å². The van der Waals surface area contributed by atoms with Crippen molar-refractivity contribution in [1.82, 2.24) is 10.2 Å². The van der Waals surface area contributed by atoms with Crippen LogP contribution in [0.25, 0.3) is 0 Å². The van der Waals surface area contributed by atoms with E-state index >= 15 is 0 Å². The first-order valence-electron chi connectivity index (χ1n) is 6.97. The smallest absolute Gasteiger partial charge is 0.234 e. The molecule has 3 unspecified atom stereocenters. The van der Waals surface area contributed by atoms with Crippen molar-refractivity contribution in [2.75, 3.05) is 19.6 Å². The van der Waals surface area contributed by atoms with Gasteiger partial charge in [-0.15, -0.1) is 0 Å². The van der Waals surface area contributed by atoms with Crippen LogP contribution in [0.1, 0.15) is 33.1 Å². The Morgan fingerprint density at radius 2 is 2.00 bits per heavy atom. The van der Waals surface area contributed by atoms with Gasteiger partial charge in [0.05, 0.1) is 18.2 Å². The minimum absolute atomic E-state index is 0.217. The molecule has 5 nitrogen and oxygen atoms in total. The summed E-state index contributed by atoms with van der Waals surface area (Å²) in [5.74, 6) is -0.250. The van der Waals surface area contributed by atoms with Gasteiger partial charge in [-0.05, 0) is 19.3 Å². The molecule has 5 heteroatoms. The van der Waals surface area contributed by atoms with Gasteiger partial charge in [0.15, 0.2) is 0 Å². The third-order valence-corrected chi connectivity index (χ3v) is 3.73. The van der Waals surface area contributed by atoms with E-state index < -0.39 is 0 Å². The number of ether oxygens (including phenoxy) is 1. The lowest BCUT2D eigenvalue weighted by molar-refractivity contribution is -0.120. The second-order valence-corrected chi connectivity index (χ2v) is 5.78. The molecule has 0 aromatic rings. The third-order valence-electron chi connectivity index (χ3n) is 3.73. The molecule has 0 aliphatic carbocycles. The van der Waals surface area contributed by atoms with E-state index in [9.17, 15) is 4.79 Å². The van der Waals surface area contributed by atoms with E-state index in [1.807, 2.05) is 13.8 Å². The van der Waals surface area contributed by atoms with E-state index in [1.54, 1.807) is 0 Å². The average Bonchev–Trinajstić information content (AvgIpc) is 2.63. The van der Waals surface area contributed by atoms with Crippen LogP contribution >= 0.6 is 0 Å². The number of nitrogens with zero attached hydrogens (tertiary/aromatic N) is 1. The molecule has 104 valence electrons. The number of amides is 1. The molecule has 3 atom stereocenters. The van der Waals surface area contributed by atoms with Crippen LogP contribution in [0.3, 0.4) is 0 Å². The van der Waals surface area contributed by atoms with Gasteiger partial charge < -0.3 is 15.8 Å². The van der Waals surface area contributed by atoms with Gasteiger partial charge in [0, 0.05) is 25.7 Å². The van der Waals surface area contributed by atoms with Crippen molar-refractivity contribution in [3.05, 3.63) is 0 Å². The lowest BCUT2D eigenvalue weighted by atomic mass is 10.1. The topological polar surface area (TPSA) is 67.6 Å². The molecule has 0 aromatic heterocycles. The minimum Gasteiger partial charge on any atom is -0.372 e. The maximum absolute atomic E-state index is 11.4. The van der Waals surface area contributed by atoms with Crippen LogP contribution in [0.15, 0.2) is 0 Å². The summed E-state index contributed by atoms with van der Waals surface area (Å²) < 4.78 is 5.80. The van der Waals surface area contributed by atoms with Gasteiger partial charge in [-0.25, -0.2) is 0 Å². The summed E-state index contributed by atoms with van der Waals surface area (Å²) in [5.41, 5.74) is 5.42. The summed E-state index contributed by atoms with van der Waals surface area (Å²) in [6.45, 7) is 6.99. The number of rotatable bonds is 6. The van der Waals surface area contributed by atoms with E-state index in [0.29, 0.717) is 12.2 Å². The number of nitrogens with one attached hydrogen (secondary N) is 1. The molecule has 0 spiro atoms. The lowest BCUT2D eigenvalue weighted by Gasteiger charge is -2.33. The Bertz CT molecular complexity index is 284. The Hall–Kier alpha value is -0.650. The first-order valence-corrected chi connectivity index (χ1v) is 6.97. The highest BCUT2D eigenvalue weighted by Crippen LogP contribution is 2.26. The summed E-state index contributed by atoms with van der Waals surface area (Å²) in [6, 6.07) is 0.0638. The van der Waals surface area contributed by atoms with E-state index in [2.05, 4.69) is 10.2 Å². The first-order chi connectivity index (χ1) is 8.54. The number of primary amides is 1. The molecule has 1 amide bonds. The molecule has 2 saturated heterocycles. The number of hydrogen-bond acceptors (Lipinski definition) is 4. The number of fused-ring (bicyclic) bond motifs is 2. The highest BCUT2D eigenvalue weighted by Gasteiger charge is 2.33. The van der Waals surface area contributed by atoms with Crippen molar-refractivity contribution in [1.29, 1.82) is 0 Å². The SMILES string of the molecule is CC(C)NC(CCN1CC2CCC(C1)O2)C(N)=O. The van der Waals surface area contributed by atoms with Crippen LogP contribution in [0.5, 0.6) is 0 Å². The van der Waals surface area contributed by atoms with Crippen LogP contribution in [0.2, 0.25) is 0 Å². The predicted octanol–water partition coefficient (Wildman–Crippen LogP) is 0.0916. The van der Waals surface area contributed by atoms with Gasteiger partial charge in [-0.1, -0.05) is 13.8 Å². The van der Waals surface area contributed by atoms with Crippen molar-refractivity contribution in [3.63, 3.8) is 0 Å². The van der Waals surface area contributed by atoms with E-state index in [-0.39, 0.29) is 18.0 Å². The fourth-order valence-corrected chi connectivity index (χ4v) is 2.90. The van der Waals surface area contributed by atoms with Crippen LogP contribution in [0, 0.1) is 0 Å².